The number of fused-ring (bicyclic) bond motifs is 1. The highest BCUT2D eigenvalue weighted by molar-refractivity contribution is 5.93. The summed E-state index contributed by atoms with van der Waals surface area (Å²) in [5, 5.41) is 4.53. The quantitative estimate of drug-likeness (QED) is 0.716. The fourth-order valence-corrected chi connectivity index (χ4v) is 2.88. The molecule has 1 amide bonds. The average molecular weight is 337 g/mol. The number of carbonyl (C=O) groups excluding carboxylic acids is 1. The van der Waals surface area contributed by atoms with E-state index in [0.717, 1.165) is 29.1 Å². The minimum atomic E-state index is 0.0767. The molecule has 6 heteroatoms. The summed E-state index contributed by atoms with van der Waals surface area (Å²) in [6.07, 6.45) is 1.30. The third-order valence-electron chi connectivity index (χ3n) is 4.04. The van der Waals surface area contributed by atoms with Crippen LogP contribution in [0.2, 0.25) is 0 Å². The smallest absolute Gasteiger partial charge is 0.252 e. The van der Waals surface area contributed by atoms with Crippen LogP contribution in [-0.4, -0.2) is 25.5 Å². The van der Waals surface area contributed by atoms with Crippen LogP contribution in [0, 0.1) is 20.8 Å². The Hall–Kier alpha value is -2.76. The Morgan fingerprint density at radius 2 is 1.96 bits per heavy atom. The van der Waals surface area contributed by atoms with Gasteiger partial charge in [0.1, 0.15) is 0 Å². The highest BCUT2D eigenvalue weighted by atomic mass is 16.2. The van der Waals surface area contributed by atoms with Crippen molar-refractivity contribution < 1.29 is 4.79 Å². The van der Waals surface area contributed by atoms with E-state index < -0.39 is 0 Å². The van der Waals surface area contributed by atoms with Crippen LogP contribution in [-0.2, 0) is 11.3 Å². The minimum absolute atomic E-state index is 0.0767. The SMILES string of the molecule is CCCC(=O)N(Cc1nc2nc(C)cc(C)n2n1)c1cccc(C)c1. The summed E-state index contributed by atoms with van der Waals surface area (Å²) in [5.74, 6) is 1.24. The molecule has 0 fully saturated rings. The van der Waals surface area contributed by atoms with Gasteiger partial charge in [-0.25, -0.2) is 9.50 Å². The second kappa shape index (κ2) is 7.01. The van der Waals surface area contributed by atoms with Crippen molar-refractivity contribution in [1.82, 2.24) is 19.6 Å². The van der Waals surface area contributed by atoms with Crippen LogP contribution >= 0.6 is 0 Å². The largest absolute Gasteiger partial charge is 0.305 e. The molecule has 0 aliphatic carbocycles. The Morgan fingerprint density at radius 3 is 2.68 bits per heavy atom. The number of hydrogen-bond donors (Lipinski definition) is 0. The number of carbonyl (C=O) groups is 1. The lowest BCUT2D eigenvalue weighted by molar-refractivity contribution is -0.118. The molecule has 2 aromatic heterocycles. The molecule has 0 bridgehead atoms. The van der Waals surface area contributed by atoms with E-state index in [4.69, 9.17) is 0 Å². The van der Waals surface area contributed by atoms with Gasteiger partial charge in [-0.1, -0.05) is 19.1 Å². The molecule has 3 aromatic rings. The summed E-state index contributed by atoms with van der Waals surface area (Å²) in [7, 11) is 0. The van der Waals surface area contributed by atoms with Crippen LogP contribution in [0.5, 0.6) is 0 Å². The van der Waals surface area contributed by atoms with Crippen LogP contribution in [0.1, 0.15) is 42.5 Å². The van der Waals surface area contributed by atoms with Crippen molar-refractivity contribution in [1.29, 1.82) is 0 Å². The lowest BCUT2D eigenvalue weighted by Crippen LogP contribution is -2.30. The first-order valence-electron chi connectivity index (χ1n) is 8.55. The Kier molecular flexibility index (Phi) is 4.79. The van der Waals surface area contributed by atoms with E-state index in [2.05, 4.69) is 15.1 Å². The average Bonchev–Trinajstić information content (AvgIpc) is 2.95. The first kappa shape index (κ1) is 17.1. The molecule has 130 valence electrons. The Morgan fingerprint density at radius 1 is 1.16 bits per heavy atom. The summed E-state index contributed by atoms with van der Waals surface area (Å²) in [4.78, 5) is 23.3. The predicted octanol–water partition coefficient (Wildman–Crippen LogP) is 3.38. The lowest BCUT2D eigenvalue weighted by atomic mass is 10.2. The van der Waals surface area contributed by atoms with Gasteiger partial charge in [-0.05, 0) is 51.0 Å². The van der Waals surface area contributed by atoms with Crippen LogP contribution in [0.25, 0.3) is 5.78 Å². The summed E-state index contributed by atoms with van der Waals surface area (Å²) in [6, 6.07) is 9.90. The monoisotopic (exact) mass is 337 g/mol. The molecule has 0 unspecified atom stereocenters. The maximum Gasteiger partial charge on any atom is 0.252 e. The highest BCUT2D eigenvalue weighted by Gasteiger charge is 2.18. The van der Waals surface area contributed by atoms with E-state index in [-0.39, 0.29) is 5.91 Å². The molecule has 0 atom stereocenters. The molecule has 3 rings (SSSR count). The topological polar surface area (TPSA) is 63.4 Å². The molecule has 0 aliphatic rings. The van der Waals surface area contributed by atoms with Crippen LogP contribution in [0.15, 0.2) is 30.3 Å². The molecule has 2 heterocycles. The van der Waals surface area contributed by atoms with E-state index >= 15 is 0 Å². The molecule has 0 saturated carbocycles. The van der Waals surface area contributed by atoms with E-state index in [0.29, 0.717) is 24.6 Å². The fourth-order valence-electron chi connectivity index (χ4n) is 2.88. The molecule has 0 N–H and O–H groups in total. The van der Waals surface area contributed by atoms with Gasteiger partial charge in [0.25, 0.3) is 5.78 Å². The van der Waals surface area contributed by atoms with Gasteiger partial charge in [-0.3, -0.25) is 4.79 Å². The van der Waals surface area contributed by atoms with Crippen molar-refractivity contribution in [2.75, 3.05) is 4.90 Å². The zero-order valence-electron chi connectivity index (χ0n) is 15.2. The van der Waals surface area contributed by atoms with E-state index in [1.165, 1.54) is 0 Å². The van der Waals surface area contributed by atoms with E-state index in [9.17, 15) is 4.79 Å². The first-order chi connectivity index (χ1) is 12.0. The Balaban J connectivity index is 1.97. The second-order valence-electron chi connectivity index (χ2n) is 6.35. The van der Waals surface area contributed by atoms with Crippen LogP contribution in [0.4, 0.5) is 5.69 Å². The Bertz CT molecular complexity index is 915. The zero-order chi connectivity index (χ0) is 18.0. The number of anilines is 1. The Labute approximate surface area is 147 Å². The fraction of sp³-hybridized carbons (Fsp3) is 0.368. The number of benzene rings is 1. The number of hydrogen-bond acceptors (Lipinski definition) is 4. The van der Waals surface area contributed by atoms with Crippen molar-refractivity contribution >= 4 is 17.4 Å². The molecule has 0 radical (unpaired) electrons. The predicted molar refractivity (Wildman–Crippen MR) is 97.5 cm³/mol. The van der Waals surface area contributed by atoms with Gasteiger partial charge in [0.05, 0.1) is 6.54 Å². The molecule has 0 saturated heterocycles. The number of rotatable bonds is 5. The maximum absolute atomic E-state index is 12.6. The van der Waals surface area contributed by atoms with E-state index in [1.54, 1.807) is 9.42 Å². The third kappa shape index (κ3) is 3.68. The molecular formula is C19H23N5O. The van der Waals surface area contributed by atoms with Crippen LogP contribution in [0.3, 0.4) is 0 Å². The number of aryl methyl sites for hydroxylation is 3. The van der Waals surface area contributed by atoms with Gasteiger partial charge in [0.15, 0.2) is 5.82 Å². The van der Waals surface area contributed by atoms with Gasteiger partial charge < -0.3 is 4.90 Å². The molecular weight excluding hydrogens is 314 g/mol. The lowest BCUT2D eigenvalue weighted by Gasteiger charge is -2.21. The molecule has 0 spiro atoms. The number of nitrogens with zero attached hydrogens (tertiary/aromatic N) is 5. The molecule has 6 nitrogen and oxygen atoms in total. The van der Waals surface area contributed by atoms with Crippen molar-refractivity contribution in [2.45, 2.75) is 47.1 Å². The van der Waals surface area contributed by atoms with Crippen molar-refractivity contribution in [2.24, 2.45) is 0 Å². The normalized spacial score (nSPS) is 11.0. The van der Waals surface area contributed by atoms with Crippen LogP contribution < -0.4 is 4.90 Å². The minimum Gasteiger partial charge on any atom is -0.305 e. The standard InChI is InChI=1S/C19H23N5O/c1-5-7-18(25)23(16-9-6-8-13(2)10-16)12-17-21-19-20-14(3)11-15(4)24(19)22-17/h6,8-11H,5,7,12H2,1-4H3. The third-order valence-corrected chi connectivity index (χ3v) is 4.04. The van der Waals surface area contributed by atoms with Gasteiger partial charge in [0.2, 0.25) is 5.91 Å². The first-order valence-corrected chi connectivity index (χ1v) is 8.55. The van der Waals surface area contributed by atoms with Gasteiger partial charge in [0, 0.05) is 23.5 Å². The summed E-state index contributed by atoms with van der Waals surface area (Å²) in [6.45, 7) is 8.27. The number of amides is 1. The van der Waals surface area contributed by atoms with Crippen molar-refractivity contribution in [3.63, 3.8) is 0 Å². The maximum atomic E-state index is 12.6. The highest BCUT2D eigenvalue weighted by Crippen LogP contribution is 2.20. The van der Waals surface area contributed by atoms with Gasteiger partial charge >= 0.3 is 0 Å². The molecule has 1 aromatic carbocycles. The molecule has 0 aliphatic heterocycles. The summed E-state index contributed by atoms with van der Waals surface area (Å²) in [5.41, 5.74) is 3.87. The van der Waals surface area contributed by atoms with Crippen molar-refractivity contribution in [3.05, 3.63) is 53.1 Å². The van der Waals surface area contributed by atoms with Gasteiger partial charge in [-0.2, -0.15) is 4.98 Å². The summed E-state index contributed by atoms with van der Waals surface area (Å²) >= 11 is 0. The second-order valence-corrected chi connectivity index (χ2v) is 6.35. The summed E-state index contributed by atoms with van der Waals surface area (Å²) < 4.78 is 1.72. The van der Waals surface area contributed by atoms with Crippen molar-refractivity contribution in [3.8, 4) is 0 Å². The zero-order valence-corrected chi connectivity index (χ0v) is 15.2. The van der Waals surface area contributed by atoms with Gasteiger partial charge in [-0.15, -0.1) is 5.10 Å². The number of aromatic nitrogens is 4. The molecule has 25 heavy (non-hydrogen) atoms. The van der Waals surface area contributed by atoms with E-state index in [1.807, 2.05) is 58.0 Å².